The Kier molecular flexibility index (Phi) is 4.10. The highest BCUT2D eigenvalue weighted by atomic mass is 32.2. The summed E-state index contributed by atoms with van der Waals surface area (Å²) in [4.78, 5) is 0. The van der Waals surface area contributed by atoms with Crippen LogP contribution in [0, 0.1) is 0 Å². The van der Waals surface area contributed by atoms with Gasteiger partial charge in [-0.15, -0.1) is 5.10 Å². The lowest BCUT2D eigenvalue weighted by molar-refractivity contribution is 0.414. The number of hydrogen-bond donors (Lipinski definition) is 1. The molecule has 0 bridgehead atoms. The summed E-state index contributed by atoms with van der Waals surface area (Å²) in [7, 11) is -2.04. The maximum atomic E-state index is 12.1. The molecular formula is C13H18N4O2S. The predicted molar refractivity (Wildman–Crippen MR) is 79.0 cm³/mol. The topological polar surface area (TPSA) is 67.2 Å². The number of anilines is 1. The van der Waals surface area contributed by atoms with E-state index in [1.165, 1.54) is 11.4 Å². The monoisotopic (exact) mass is 294 g/mol. The molecule has 0 unspecified atom stereocenters. The normalized spacial score (nSPS) is 12.1. The number of aromatic nitrogens is 2. The predicted octanol–water partition coefficient (Wildman–Crippen LogP) is 1.87. The maximum absolute atomic E-state index is 12.1. The highest BCUT2D eigenvalue weighted by Gasteiger charge is 2.21. The van der Waals surface area contributed by atoms with Crippen molar-refractivity contribution in [1.82, 2.24) is 14.1 Å². The Hall–Kier alpha value is -1.86. The van der Waals surface area contributed by atoms with Gasteiger partial charge in [0.15, 0.2) is 5.82 Å². The first-order valence-electron chi connectivity index (χ1n) is 6.27. The van der Waals surface area contributed by atoms with E-state index in [0.29, 0.717) is 5.82 Å². The average molecular weight is 294 g/mol. The summed E-state index contributed by atoms with van der Waals surface area (Å²) in [6.07, 6.45) is 1.71. The van der Waals surface area contributed by atoms with E-state index in [4.69, 9.17) is 0 Å². The molecule has 0 atom stereocenters. The van der Waals surface area contributed by atoms with E-state index in [1.54, 1.807) is 16.9 Å². The molecule has 0 spiro atoms. The Bertz CT molecular complexity index is 665. The van der Waals surface area contributed by atoms with Crippen molar-refractivity contribution in [3.63, 3.8) is 0 Å². The second-order valence-corrected chi connectivity index (χ2v) is 6.43. The van der Waals surface area contributed by atoms with E-state index in [2.05, 4.69) is 9.82 Å². The molecule has 0 amide bonds. The zero-order valence-corrected chi connectivity index (χ0v) is 12.5. The first kappa shape index (κ1) is 14.5. The standard InChI is InChI=1S/C13H18N4O2S/c1-11(2)16(3)20(18,19)15-13-9-10-17(14-13)12-7-5-4-6-8-12/h4-11H,1-3H3,(H,14,15). The van der Waals surface area contributed by atoms with Gasteiger partial charge in [-0.1, -0.05) is 18.2 Å². The zero-order chi connectivity index (χ0) is 14.8. The SMILES string of the molecule is CC(C)N(C)S(=O)(=O)Nc1ccn(-c2ccccc2)n1. The lowest BCUT2D eigenvalue weighted by atomic mass is 10.3. The van der Waals surface area contributed by atoms with Crippen LogP contribution >= 0.6 is 0 Å². The molecule has 1 aromatic carbocycles. The van der Waals surface area contributed by atoms with Crippen molar-refractivity contribution in [1.29, 1.82) is 0 Å². The second-order valence-electron chi connectivity index (χ2n) is 4.70. The molecule has 0 saturated heterocycles. The minimum absolute atomic E-state index is 0.122. The molecule has 1 N–H and O–H groups in total. The van der Waals surface area contributed by atoms with Crippen LogP contribution in [-0.2, 0) is 10.2 Å². The Morgan fingerprint density at radius 1 is 1.20 bits per heavy atom. The molecule has 1 aromatic heterocycles. The number of nitrogens with one attached hydrogen (secondary N) is 1. The lowest BCUT2D eigenvalue weighted by Crippen LogP contribution is -2.37. The Morgan fingerprint density at radius 2 is 1.85 bits per heavy atom. The van der Waals surface area contributed by atoms with Crippen molar-refractivity contribution in [2.75, 3.05) is 11.8 Å². The van der Waals surface area contributed by atoms with Gasteiger partial charge >= 0.3 is 10.2 Å². The fourth-order valence-electron chi connectivity index (χ4n) is 1.58. The molecule has 0 saturated carbocycles. The van der Waals surface area contributed by atoms with Crippen LogP contribution in [0.4, 0.5) is 5.82 Å². The van der Waals surface area contributed by atoms with Crippen LogP contribution in [0.25, 0.3) is 5.69 Å². The third-order valence-electron chi connectivity index (χ3n) is 2.95. The third-order valence-corrected chi connectivity index (χ3v) is 4.60. The first-order valence-corrected chi connectivity index (χ1v) is 7.71. The molecule has 0 radical (unpaired) electrons. The van der Waals surface area contributed by atoms with Crippen molar-refractivity contribution >= 4 is 16.0 Å². The Morgan fingerprint density at radius 3 is 2.45 bits per heavy atom. The van der Waals surface area contributed by atoms with E-state index in [0.717, 1.165) is 5.69 Å². The summed E-state index contributed by atoms with van der Waals surface area (Å²) < 4.78 is 29.4. The molecule has 108 valence electrons. The minimum Gasteiger partial charge on any atom is -0.253 e. The Balaban J connectivity index is 2.19. The van der Waals surface area contributed by atoms with Crippen molar-refractivity contribution in [2.45, 2.75) is 19.9 Å². The van der Waals surface area contributed by atoms with E-state index in [1.807, 2.05) is 44.2 Å². The quantitative estimate of drug-likeness (QED) is 0.915. The molecule has 1 heterocycles. The Labute approximate surface area is 119 Å². The summed E-state index contributed by atoms with van der Waals surface area (Å²) in [5.74, 6) is 0.293. The lowest BCUT2D eigenvalue weighted by Gasteiger charge is -2.20. The number of para-hydroxylation sites is 1. The summed E-state index contributed by atoms with van der Waals surface area (Å²) >= 11 is 0. The van der Waals surface area contributed by atoms with Crippen LogP contribution < -0.4 is 4.72 Å². The van der Waals surface area contributed by atoms with Gasteiger partial charge in [0.05, 0.1) is 5.69 Å². The molecular weight excluding hydrogens is 276 g/mol. The fraction of sp³-hybridized carbons (Fsp3) is 0.308. The van der Waals surface area contributed by atoms with Gasteiger partial charge in [0, 0.05) is 25.4 Å². The summed E-state index contributed by atoms with van der Waals surface area (Å²) in [5.41, 5.74) is 0.871. The first-order chi connectivity index (χ1) is 9.40. The maximum Gasteiger partial charge on any atom is 0.302 e. The van der Waals surface area contributed by atoms with Crippen LogP contribution in [0.2, 0.25) is 0 Å². The molecule has 0 aliphatic rings. The van der Waals surface area contributed by atoms with Crippen LogP contribution in [0.1, 0.15) is 13.8 Å². The fourth-order valence-corrected chi connectivity index (χ4v) is 2.66. The van der Waals surface area contributed by atoms with E-state index in [9.17, 15) is 8.42 Å². The third kappa shape index (κ3) is 3.17. The van der Waals surface area contributed by atoms with Gasteiger partial charge in [-0.3, -0.25) is 4.72 Å². The summed E-state index contributed by atoms with van der Waals surface area (Å²) in [6, 6.07) is 11.0. The minimum atomic E-state index is -3.57. The van der Waals surface area contributed by atoms with E-state index < -0.39 is 10.2 Å². The van der Waals surface area contributed by atoms with Crippen LogP contribution in [0.3, 0.4) is 0 Å². The average Bonchev–Trinajstić information content (AvgIpc) is 2.86. The molecule has 6 nitrogen and oxygen atoms in total. The van der Waals surface area contributed by atoms with Gasteiger partial charge in [-0.2, -0.15) is 12.7 Å². The van der Waals surface area contributed by atoms with Crippen molar-refractivity contribution in [3.05, 3.63) is 42.6 Å². The van der Waals surface area contributed by atoms with Gasteiger partial charge in [0.2, 0.25) is 0 Å². The van der Waals surface area contributed by atoms with Gasteiger partial charge in [-0.25, -0.2) is 4.68 Å². The largest absolute Gasteiger partial charge is 0.302 e. The van der Waals surface area contributed by atoms with Crippen molar-refractivity contribution in [2.24, 2.45) is 0 Å². The van der Waals surface area contributed by atoms with Gasteiger partial charge in [0.25, 0.3) is 0 Å². The van der Waals surface area contributed by atoms with Gasteiger partial charge in [0.1, 0.15) is 0 Å². The van der Waals surface area contributed by atoms with Crippen molar-refractivity contribution < 1.29 is 8.42 Å². The smallest absolute Gasteiger partial charge is 0.253 e. The van der Waals surface area contributed by atoms with E-state index in [-0.39, 0.29) is 6.04 Å². The van der Waals surface area contributed by atoms with E-state index >= 15 is 0 Å². The number of hydrogen-bond acceptors (Lipinski definition) is 3. The van der Waals surface area contributed by atoms with Gasteiger partial charge in [-0.05, 0) is 26.0 Å². The van der Waals surface area contributed by atoms with Crippen LogP contribution in [0.15, 0.2) is 42.6 Å². The summed E-state index contributed by atoms with van der Waals surface area (Å²) in [5, 5.41) is 4.21. The van der Waals surface area contributed by atoms with Crippen molar-refractivity contribution in [3.8, 4) is 5.69 Å². The van der Waals surface area contributed by atoms with Crippen LogP contribution in [-0.4, -0.2) is 35.6 Å². The zero-order valence-electron chi connectivity index (χ0n) is 11.7. The highest BCUT2D eigenvalue weighted by molar-refractivity contribution is 7.90. The molecule has 0 fully saturated rings. The molecule has 7 heteroatoms. The molecule has 20 heavy (non-hydrogen) atoms. The molecule has 2 rings (SSSR count). The molecule has 0 aliphatic heterocycles. The number of benzene rings is 1. The number of nitrogens with zero attached hydrogens (tertiary/aromatic N) is 3. The highest BCUT2D eigenvalue weighted by Crippen LogP contribution is 2.13. The molecule has 0 aliphatic carbocycles. The number of rotatable bonds is 5. The van der Waals surface area contributed by atoms with Crippen LogP contribution in [0.5, 0.6) is 0 Å². The molecule has 2 aromatic rings. The summed E-state index contributed by atoms with van der Waals surface area (Å²) in [6.45, 7) is 3.61. The second kappa shape index (κ2) is 5.64. The van der Waals surface area contributed by atoms with Gasteiger partial charge < -0.3 is 0 Å².